The van der Waals surface area contributed by atoms with E-state index in [1.54, 1.807) is 11.0 Å². The Morgan fingerprint density at radius 2 is 1.67 bits per heavy atom. The second-order valence-corrected chi connectivity index (χ2v) is 5.96. The lowest BCUT2D eigenvalue weighted by molar-refractivity contribution is 0.0843. The van der Waals surface area contributed by atoms with Crippen LogP contribution in [0.2, 0.25) is 0 Å². The minimum absolute atomic E-state index is 0.0528. The van der Waals surface area contributed by atoms with Gasteiger partial charge in [0.1, 0.15) is 6.61 Å². The molecule has 1 aromatic rings. The molecule has 4 nitrogen and oxygen atoms in total. The Labute approximate surface area is 127 Å². The molecule has 116 valence electrons. The van der Waals surface area contributed by atoms with Crippen LogP contribution >= 0.6 is 0 Å². The van der Waals surface area contributed by atoms with Crippen LogP contribution in [0.5, 0.6) is 0 Å². The summed E-state index contributed by atoms with van der Waals surface area (Å²) in [6.45, 7) is 10.8. The molecule has 0 unspecified atom stereocenters. The predicted molar refractivity (Wildman–Crippen MR) is 83.3 cm³/mol. The Kier molecular flexibility index (Phi) is 5.94. The Balaban J connectivity index is 2.86. The molecule has 0 heterocycles. The van der Waals surface area contributed by atoms with Gasteiger partial charge in [-0.1, -0.05) is 45.0 Å². The van der Waals surface area contributed by atoms with Gasteiger partial charge in [0.25, 0.3) is 0 Å². The van der Waals surface area contributed by atoms with Gasteiger partial charge in [-0.2, -0.15) is 0 Å². The average Bonchev–Trinajstić information content (AvgIpc) is 2.45. The van der Waals surface area contributed by atoms with Crippen LogP contribution in [0, 0.1) is 5.41 Å². The van der Waals surface area contributed by atoms with E-state index < -0.39 is 5.41 Å². The van der Waals surface area contributed by atoms with E-state index in [9.17, 15) is 9.59 Å². The maximum absolute atomic E-state index is 12.4. The molecule has 1 amide bonds. The summed E-state index contributed by atoms with van der Waals surface area (Å²) in [7, 11) is 0. The fourth-order valence-electron chi connectivity index (χ4n) is 1.98. The van der Waals surface area contributed by atoms with Crippen molar-refractivity contribution < 1.29 is 14.3 Å². The maximum Gasteiger partial charge on any atom is 0.410 e. The number of rotatable bonds is 5. The van der Waals surface area contributed by atoms with Crippen molar-refractivity contribution in [3.8, 4) is 0 Å². The Bertz CT molecular complexity index is 499. The maximum atomic E-state index is 12.4. The second kappa shape index (κ2) is 7.25. The van der Waals surface area contributed by atoms with Crippen LogP contribution in [0.3, 0.4) is 0 Å². The zero-order valence-corrected chi connectivity index (χ0v) is 13.6. The molecule has 0 atom stereocenters. The van der Waals surface area contributed by atoms with Crippen LogP contribution in [0.4, 0.5) is 4.79 Å². The molecule has 0 aromatic heterocycles. The number of Topliss-reactive ketones (excluding diaryl/α,β-unsaturated/α-hetero) is 1. The standard InChI is InChI=1S/C17H25NO3/c1-6-18(7-2)16(20)21-12-13-10-8-9-11-14(13)15(19)17(3,4)5/h8-11H,6-7,12H2,1-5H3. The van der Waals surface area contributed by atoms with Crippen molar-refractivity contribution in [2.45, 2.75) is 41.2 Å². The van der Waals surface area contributed by atoms with Crippen molar-refractivity contribution in [3.63, 3.8) is 0 Å². The molecule has 0 bridgehead atoms. The van der Waals surface area contributed by atoms with Gasteiger partial charge >= 0.3 is 6.09 Å². The minimum Gasteiger partial charge on any atom is -0.445 e. The number of hydrogen-bond acceptors (Lipinski definition) is 3. The summed E-state index contributed by atoms with van der Waals surface area (Å²) in [5.74, 6) is 0.0528. The van der Waals surface area contributed by atoms with Gasteiger partial charge in [0.15, 0.2) is 5.78 Å². The summed E-state index contributed by atoms with van der Waals surface area (Å²) in [5.41, 5.74) is 0.911. The highest BCUT2D eigenvalue weighted by molar-refractivity contribution is 6.01. The van der Waals surface area contributed by atoms with E-state index in [2.05, 4.69) is 0 Å². The van der Waals surface area contributed by atoms with Gasteiger partial charge < -0.3 is 9.64 Å². The third-order valence-corrected chi connectivity index (χ3v) is 3.32. The summed E-state index contributed by atoms with van der Waals surface area (Å²) in [5, 5.41) is 0. The Morgan fingerprint density at radius 1 is 1.10 bits per heavy atom. The van der Waals surface area contributed by atoms with E-state index in [0.29, 0.717) is 18.7 Å². The molecule has 0 spiro atoms. The first kappa shape index (κ1) is 17.2. The lowest BCUT2D eigenvalue weighted by atomic mass is 9.85. The van der Waals surface area contributed by atoms with Gasteiger partial charge in [0, 0.05) is 29.6 Å². The van der Waals surface area contributed by atoms with Gasteiger partial charge in [-0.15, -0.1) is 0 Å². The van der Waals surface area contributed by atoms with Crippen molar-refractivity contribution in [2.24, 2.45) is 5.41 Å². The first-order chi connectivity index (χ1) is 9.81. The predicted octanol–water partition coefficient (Wildman–Crippen LogP) is 3.89. The highest BCUT2D eigenvalue weighted by Gasteiger charge is 2.25. The zero-order chi connectivity index (χ0) is 16.0. The van der Waals surface area contributed by atoms with Crippen LogP contribution in [-0.4, -0.2) is 29.9 Å². The van der Waals surface area contributed by atoms with E-state index in [1.807, 2.05) is 52.8 Å². The lowest BCUT2D eigenvalue weighted by Gasteiger charge is -2.21. The molecular formula is C17H25NO3. The van der Waals surface area contributed by atoms with Crippen molar-refractivity contribution in [2.75, 3.05) is 13.1 Å². The fourth-order valence-corrected chi connectivity index (χ4v) is 1.98. The second-order valence-electron chi connectivity index (χ2n) is 5.96. The molecule has 21 heavy (non-hydrogen) atoms. The number of benzene rings is 1. The molecule has 1 rings (SSSR count). The van der Waals surface area contributed by atoms with Crippen molar-refractivity contribution >= 4 is 11.9 Å². The van der Waals surface area contributed by atoms with Gasteiger partial charge in [-0.3, -0.25) is 4.79 Å². The number of ether oxygens (including phenoxy) is 1. The van der Waals surface area contributed by atoms with Crippen LogP contribution < -0.4 is 0 Å². The fraction of sp³-hybridized carbons (Fsp3) is 0.529. The summed E-state index contributed by atoms with van der Waals surface area (Å²) in [6.07, 6.45) is -0.349. The first-order valence-corrected chi connectivity index (χ1v) is 7.35. The highest BCUT2D eigenvalue weighted by Crippen LogP contribution is 2.23. The Morgan fingerprint density at radius 3 is 2.19 bits per heavy atom. The van der Waals surface area contributed by atoms with Crippen LogP contribution in [-0.2, 0) is 11.3 Å². The molecule has 0 aliphatic carbocycles. The summed E-state index contributed by atoms with van der Waals surface area (Å²) < 4.78 is 5.31. The number of nitrogens with zero attached hydrogens (tertiary/aromatic N) is 1. The molecule has 0 fully saturated rings. The molecule has 0 radical (unpaired) electrons. The monoisotopic (exact) mass is 291 g/mol. The van der Waals surface area contributed by atoms with E-state index >= 15 is 0 Å². The summed E-state index contributed by atoms with van der Waals surface area (Å²) in [4.78, 5) is 25.9. The molecule has 0 aliphatic heterocycles. The van der Waals surface area contributed by atoms with Crippen molar-refractivity contribution in [1.29, 1.82) is 0 Å². The number of carbonyl (C=O) groups is 2. The summed E-state index contributed by atoms with van der Waals surface area (Å²) in [6, 6.07) is 7.29. The molecule has 1 aromatic carbocycles. The quantitative estimate of drug-likeness (QED) is 0.773. The van der Waals surface area contributed by atoms with E-state index in [1.165, 1.54) is 0 Å². The third kappa shape index (κ3) is 4.59. The van der Waals surface area contributed by atoms with Crippen molar-refractivity contribution in [1.82, 2.24) is 4.90 Å². The highest BCUT2D eigenvalue weighted by atomic mass is 16.6. The van der Waals surface area contributed by atoms with E-state index in [4.69, 9.17) is 4.74 Å². The molecular weight excluding hydrogens is 266 g/mol. The topological polar surface area (TPSA) is 46.6 Å². The molecule has 0 N–H and O–H groups in total. The van der Waals surface area contributed by atoms with Crippen LogP contribution in [0.25, 0.3) is 0 Å². The number of ketones is 1. The molecule has 0 aliphatic rings. The number of amides is 1. The van der Waals surface area contributed by atoms with Crippen LogP contribution in [0.1, 0.15) is 50.5 Å². The number of hydrogen-bond donors (Lipinski definition) is 0. The number of carbonyl (C=O) groups excluding carboxylic acids is 2. The van der Waals surface area contributed by atoms with E-state index in [-0.39, 0.29) is 18.5 Å². The van der Waals surface area contributed by atoms with Gasteiger partial charge in [-0.25, -0.2) is 4.79 Å². The zero-order valence-electron chi connectivity index (χ0n) is 13.6. The minimum atomic E-state index is -0.459. The first-order valence-electron chi connectivity index (χ1n) is 7.35. The average molecular weight is 291 g/mol. The SMILES string of the molecule is CCN(CC)C(=O)OCc1ccccc1C(=O)C(C)(C)C. The molecule has 4 heteroatoms. The largest absolute Gasteiger partial charge is 0.445 e. The molecule has 0 saturated heterocycles. The molecule has 0 saturated carbocycles. The smallest absolute Gasteiger partial charge is 0.410 e. The normalized spacial score (nSPS) is 11.1. The Hall–Kier alpha value is -1.84. The summed E-state index contributed by atoms with van der Waals surface area (Å²) >= 11 is 0. The van der Waals surface area contributed by atoms with Crippen molar-refractivity contribution in [3.05, 3.63) is 35.4 Å². The third-order valence-electron chi connectivity index (χ3n) is 3.32. The van der Waals surface area contributed by atoms with Gasteiger partial charge in [0.05, 0.1) is 0 Å². The van der Waals surface area contributed by atoms with Crippen LogP contribution in [0.15, 0.2) is 24.3 Å². The van der Waals surface area contributed by atoms with Gasteiger partial charge in [0.2, 0.25) is 0 Å². The van der Waals surface area contributed by atoms with E-state index in [0.717, 1.165) is 5.56 Å². The lowest BCUT2D eigenvalue weighted by Crippen LogP contribution is -2.31. The van der Waals surface area contributed by atoms with Gasteiger partial charge in [-0.05, 0) is 13.8 Å².